The average molecular weight is 331 g/mol. The van der Waals surface area contributed by atoms with Gasteiger partial charge in [-0.25, -0.2) is 0 Å². The summed E-state index contributed by atoms with van der Waals surface area (Å²) in [4.78, 5) is 12.5. The molecule has 0 bridgehead atoms. The van der Waals surface area contributed by atoms with E-state index in [0.717, 1.165) is 25.4 Å². The molecule has 0 radical (unpaired) electrons. The van der Waals surface area contributed by atoms with Gasteiger partial charge >= 0.3 is 0 Å². The van der Waals surface area contributed by atoms with E-state index in [1.807, 2.05) is 0 Å². The van der Waals surface area contributed by atoms with Gasteiger partial charge in [0.1, 0.15) is 0 Å². The van der Waals surface area contributed by atoms with Crippen LogP contribution in [0.3, 0.4) is 0 Å². The molecule has 130 valence electrons. The minimum atomic E-state index is 0. The summed E-state index contributed by atoms with van der Waals surface area (Å²) < 4.78 is 0. The number of hydrogen-bond acceptors (Lipinski definition) is 2. The maximum absolute atomic E-state index is 12.5. The van der Waals surface area contributed by atoms with Crippen LogP contribution in [-0.4, -0.2) is 25.0 Å². The Balaban J connectivity index is 0.00000242. The van der Waals surface area contributed by atoms with Crippen molar-refractivity contribution in [3.05, 3.63) is 0 Å². The Hall–Kier alpha value is -0.280. The minimum absolute atomic E-state index is 0. The van der Waals surface area contributed by atoms with Gasteiger partial charge in [0.25, 0.3) is 0 Å². The number of carbonyl (C=O) groups excluding carboxylic acids is 1. The summed E-state index contributed by atoms with van der Waals surface area (Å²) in [5, 5.41) is 6.65. The summed E-state index contributed by atoms with van der Waals surface area (Å²) in [5.74, 6) is 1.74. The topological polar surface area (TPSA) is 41.1 Å². The molecule has 2 fully saturated rings. The molecular weight excluding hydrogens is 296 g/mol. The van der Waals surface area contributed by atoms with Crippen LogP contribution >= 0.6 is 12.4 Å². The van der Waals surface area contributed by atoms with Gasteiger partial charge in [-0.2, -0.15) is 0 Å². The van der Waals surface area contributed by atoms with E-state index in [2.05, 4.69) is 38.3 Å². The summed E-state index contributed by atoms with van der Waals surface area (Å²) in [6, 6.07) is 0.309. The van der Waals surface area contributed by atoms with Gasteiger partial charge in [-0.15, -0.1) is 12.4 Å². The minimum Gasteiger partial charge on any atom is -0.353 e. The predicted molar refractivity (Wildman–Crippen MR) is 95.3 cm³/mol. The molecular formula is C18H35ClN2O. The molecule has 0 aromatic carbocycles. The third-order valence-corrected chi connectivity index (χ3v) is 5.59. The van der Waals surface area contributed by atoms with E-state index >= 15 is 0 Å². The van der Waals surface area contributed by atoms with E-state index in [9.17, 15) is 4.79 Å². The number of halogens is 1. The van der Waals surface area contributed by atoms with Crippen molar-refractivity contribution < 1.29 is 4.79 Å². The normalized spacial score (nSPS) is 23.1. The lowest BCUT2D eigenvalue weighted by Crippen LogP contribution is -2.53. The van der Waals surface area contributed by atoms with Crippen LogP contribution in [0.2, 0.25) is 0 Å². The quantitative estimate of drug-likeness (QED) is 0.805. The molecule has 3 nitrogen and oxygen atoms in total. The first-order chi connectivity index (χ1) is 9.88. The molecule has 4 heteroatoms. The van der Waals surface area contributed by atoms with E-state index in [1.54, 1.807) is 0 Å². The first-order valence-electron chi connectivity index (χ1n) is 8.89. The summed E-state index contributed by atoms with van der Waals surface area (Å²) in [5.41, 5.74) is 0.144. The van der Waals surface area contributed by atoms with Crippen LogP contribution in [-0.2, 0) is 4.79 Å². The largest absolute Gasteiger partial charge is 0.353 e. The zero-order chi connectivity index (χ0) is 15.5. The maximum Gasteiger partial charge on any atom is 0.223 e. The fourth-order valence-corrected chi connectivity index (χ4v) is 3.57. The number of hydrogen-bond donors (Lipinski definition) is 2. The van der Waals surface area contributed by atoms with Gasteiger partial charge in [0.05, 0.1) is 0 Å². The third kappa shape index (κ3) is 5.42. The van der Waals surface area contributed by atoms with E-state index in [4.69, 9.17) is 0 Å². The predicted octanol–water partition coefficient (Wildman–Crippen LogP) is 3.77. The van der Waals surface area contributed by atoms with E-state index in [1.165, 1.54) is 32.1 Å². The molecule has 0 aromatic rings. The number of rotatable bonds is 5. The first kappa shape index (κ1) is 19.8. The highest BCUT2D eigenvalue weighted by Crippen LogP contribution is 2.32. The molecule has 2 N–H and O–H groups in total. The van der Waals surface area contributed by atoms with Gasteiger partial charge in [0.2, 0.25) is 5.91 Å². The molecule has 2 rings (SSSR count). The zero-order valence-electron chi connectivity index (χ0n) is 14.8. The number of nitrogens with one attached hydrogen (secondary N) is 2. The average Bonchev–Trinajstić information content (AvgIpc) is 2.36. The van der Waals surface area contributed by atoms with Crippen LogP contribution < -0.4 is 10.6 Å². The van der Waals surface area contributed by atoms with Crippen LogP contribution in [0.15, 0.2) is 0 Å². The summed E-state index contributed by atoms with van der Waals surface area (Å²) in [6.07, 6.45) is 8.01. The van der Waals surface area contributed by atoms with Gasteiger partial charge in [0, 0.05) is 12.0 Å². The van der Waals surface area contributed by atoms with Gasteiger partial charge in [-0.1, -0.05) is 59.8 Å². The zero-order valence-corrected chi connectivity index (χ0v) is 15.6. The second-order valence-corrected chi connectivity index (χ2v) is 8.37. The number of amides is 1. The lowest BCUT2D eigenvalue weighted by Gasteiger charge is -2.38. The highest BCUT2D eigenvalue weighted by Gasteiger charge is 2.34. The highest BCUT2D eigenvalue weighted by atomic mass is 35.5. The Morgan fingerprint density at radius 2 is 1.77 bits per heavy atom. The van der Waals surface area contributed by atoms with Crippen LogP contribution in [0.4, 0.5) is 0 Å². The Morgan fingerprint density at radius 3 is 2.23 bits per heavy atom. The maximum atomic E-state index is 12.5. The van der Waals surface area contributed by atoms with Crippen molar-refractivity contribution in [2.24, 2.45) is 23.2 Å². The Labute approximate surface area is 142 Å². The van der Waals surface area contributed by atoms with Crippen molar-refractivity contribution in [2.45, 2.75) is 72.3 Å². The van der Waals surface area contributed by atoms with Crippen LogP contribution in [0.25, 0.3) is 0 Å². The van der Waals surface area contributed by atoms with Crippen molar-refractivity contribution in [3.8, 4) is 0 Å². The van der Waals surface area contributed by atoms with Gasteiger partial charge < -0.3 is 10.6 Å². The first-order valence-corrected chi connectivity index (χ1v) is 8.89. The fraction of sp³-hybridized carbons (Fsp3) is 0.944. The summed E-state index contributed by atoms with van der Waals surface area (Å²) in [7, 11) is 0. The molecule has 1 saturated heterocycles. The van der Waals surface area contributed by atoms with Crippen molar-refractivity contribution in [1.29, 1.82) is 0 Å². The monoisotopic (exact) mass is 330 g/mol. The smallest absolute Gasteiger partial charge is 0.223 e. The molecule has 1 heterocycles. The Kier molecular flexibility index (Phi) is 7.67. The van der Waals surface area contributed by atoms with Crippen molar-refractivity contribution in [2.75, 3.05) is 13.1 Å². The highest BCUT2D eigenvalue weighted by molar-refractivity contribution is 5.85. The van der Waals surface area contributed by atoms with Gasteiger partial charge in [0.15, 0.2) is 0 Å². The second-order valence-electron chi connectivity index (χ2n) is 8.37. The third-order valence-electron chi connectivity index (χ3n) is 5.59. The van der Waals surface area contributed by atoms with Crippen LogP contribution in [0.1, 0.15) is 66.2 Å². The number of carbonyl (C=O) groups is 1. The Bertz CT molecular complexity index is 343. The van der Waals surface area contributed by atoms with E-state index in [0.29, 0.717) is 12.0 Å². The molecule has 1 aliphatic carbocycles. The summed E-state index contributed by atoms with van der Waals surface area (Å²) >= 11 is 0. The molecule has 2 unspecified atom stereocenters. The fourth-order valence-electron chi connectivity index (χ4n) is 3.57. The van der Waals surface area contributed by atoms with Gasteiger partial charge in [-0.3, -0.25) is 4.79 Å². The van der Waals surface area contributed by atoms with Crippen LogP contribution in [0.5, 0.6) is 0 Å². The molecule has 0 spiro atoms. The molecule has 0 aromatic heterocycles. The van der Waals surface area contributed by atoms with Crippen molar-refractivity contribution in [3.63, 3.8) is 0 Å². The van der Waals surface area contributed by atoms with E-state index in [-0.39, 0.29) is 29.6 Å². The van der Waals surface area contributed by atoms with Crippen molar-refractivity contribution in [1.82, 2.24) is 10.6 Å². The lowest BCUT2D eigenvalue weighted by atomic mass is 9.76. The molecule has 2 aliphatic rings. The van der Waals surface area contributed by atoms with E-state index < -0.39 is 0 Å². The lowest BCUT2D eigenvalue weighted by molar-refractivity contribution is -0.128. The molecule has 2 atom stereocenters. The Morgan fingerprint density at radius 1 is 1.18 bits per heavy atom. The summed E-state index contributed by atoms with van der Waals surface area (Å²) in [6.45, 7) is 10.9. The SMILES string of the molecule is CC(C(=O)NC(CC1CCCCC1)C(C)(C)C)C1CNC1.Cl. The molecule has 22 heavy (non-hydrogen) atoms. The second kappa shape index (κ2) is 8.54. The molecule has 1 saturated carbocycles. The van der Waals surface area contributed by atoms with Crippen LogP contribution in [0, 0.1) is 23.2 Å². The molecule has 1 aliphatic heterocycles. The molecule has 1 amide bonds. The van der Waals surface area contributed by atoms with Gasteiger partial charge in [-0.05, 0) is 36.8 Å². The van der Waals surface area contributed by atoms with Crippen molar-refractivity contribution >= 4 is 18.3 Å². The standard InChI is InChI=1S/C18H34N2O.ClH/c1-13(15-11-19-12-15)17(21)20-16(18(2,3)4)10-14-8-6-5-7-9-14;/h13-16,19H,5-12H2,1-4H3,(H,20,21);1H.